The van der Waals surface area contributed by atoms with Gasteiger partial charge in [0.15, 0.2) is 0 Å². The number of nitrogens with zero attached hydrogens (tertiary/aromatic N) is 1. The minimum absolute atomic E-state index is 0.0484. The highest BCUT2D eigenvalue weighted by molar-refractivity contribution is 6.30. The Morgan fingerprint density at radius 2 is 1.89 bits per heavy atom. The molecule has 0 radical (unpaired) electrons. The van der Waals surface area contributed by atoms with Crippen molar-refractivity contribution in [3.8, 4) is 0 Å². The topological polar surface area (TPSA) is 41.5 Å². The van der Waals surface area contributed by atoms with Gasteiger partial charge in [-0.1, -0.05) is 11.6 Å². The minimum atomic E-state index is -4.82. The molecular weight excluding hydrogens is 269 g/mol. The fourth-order valence-electron chi connectivity index (χ4n) is 1.06. The number of Topliss-reactive ketones (excluding diaryl/α,β-unsaturated/α-hetero) is 1. The molecule has 1 aromatic carbocycles. The highest BCUT2D eigenvalue weighted by Gasteiger charge is 2.37. The van der Waals surface area contributed by atoms with E-state index in [-0.39, 0.29) is 5.71 Å². The first kappa shape index (κ1) is 14.5. The number of rotatable bonds is 4. The van der Waals surface area contributed by atoms with E-state index in [1.165, 1.54) is 6.92 Å². The molecule has 0 aliphatic rings. The van der Waals surface area contributed by atoms with E-state index in [1.54, 1.807) is 24.3 Å². The zero-order valence-corrected chi connectivity index (χ0v) is 10.1. The first-order valence-corrected chi connectivity index (χ1v) is 5.31. The summed E-state index contributed by atoms with van der Waals surface area (Å²) < 4.78 is 35.9. The first-order valence-electron chi connectivity index (χ1n) is 4.94. The van der Waals surface area contributed by atoms with E-state index in [0.717, 1.165) is 0 Å². The van der Waals surface area contributed by atoms with Crippen molar-refractivity contribution in [3.63, 3.8) is 0 Å². The molecule has 0 saturated carbocycles. The number of nitrogens with one attached hydrogen (secondary N) is 1. The van der Waals surface area contributed by atoms with Crippen LogP contribution in [0.1, 0.15) is 13.3 Å². The number of carbonyl (C=O) groups excluding carboxylic acids is 1. The van der Waals surface area contributed by atoms with Crippen molar-refractivity contribution < 1.29 is 18.0 Å². The maximum absolute atomic E-state index is 12.0. The zero-order valence-electron chi connectivity index (χ0n) is 9.38. The van der Waals surface area contributed by atoms with Crippen LogP contribution in [0.2, 0.25) is 5.02 Å². The Kier molecular flexibility index (Phi) is 4.72. The number of hydrogen-bond donors (Lipinski definition) is 1. The summed E-state index contributed by atoms with van der Waals surface area (Å²) in [6.45, 7) is 1.34. The summed E-state index contributed by atoms with van der Waals surface area (Å²) in [5.41, 5.74) is 3.15. The predicted molar refractivity (Wildman–Crippen MR) is 63.9 cm³/mol. The number of hydrazone groups is 1. The van der Waals surface area contributed by atoms with Gasteiger partial charge in [-0.2, -0.15) is 18.3 Å². The molecule has 0 bridgehead atoms. The van der Waals surface area contributed by atoms with E-state index < -0.39 is 18.4 Å². The summed E-state index contributed by atoms with van der Waals surface area (Å²) >= 11 is 5.66. The van der Waals surface area contributed by atoms with Gasteiger partial charge in [0.2, 0.25) is 5.78 Å². The molecule has 0 atom stereocenters. The van der Waals surface area contributed by atoms with Crippen LogP contribution in [-0.4, -0.2) is 17.7 Å². The average Bonchev–Trinajstić information content (AvgIpc) is 2.27. The molecule has 0 aromatic heterocycles. The lowest BCUT2D eigenvalue weighted by atomic mass is 10.2. The lowest BCUT2D eigenvalue weighted by Gasteiger charge is -2.05. The standard InChI is InChI=1S/C11H10ClF3N2O/c1-7(6-10(18)11(13,14)15)16-17-9-4-2-8(12)3-5-9/h2-5,17H,6H2,1H3. The zero-order chi connectivity index (χ0) is 13.8. The second-order valence-corrected chi connectivity index (χ2v) is 4.00. The molecule has 0 saturated heterocycles. The van der Waals surface area contributed by atoms with Crippen LogP contribution in [0.3, 0.4) is 0 Å². The molecule has 0 spiro atoms. The van der Waals surface area contributed by atoms with E-state index >= 15 is 0 Å². The van der Waals surface area contributed by atoms with Crippen LogP contribution in [-0.2, 0) is 4.79 Å². The van der Waals surface area contributed by atoms with E-state index in [9.17, 15) is 18.0 Å². The number of hydrogen-bond acceptors (Lipinski definition) is 3. The van der Waals surface area contributed by atoms with Gasteiger partial charge in [0.25, 0.3) is 0 Å². The largest absolute Gasteiger partial charge is 0.450 e. The Morgan fingerprint density at radius 3 is 2.39 bits per heavy atom. The first-order chi connectivity index (χ1) is 8.29. The Labute approximate surface area is 107 Å². The van der Waals surface area contributed by atoms with E-state index in [4.69, 9.17) is 11.6 Å². The lowest BCUT2D eigenvalue weighted by molar-refractivity contribution is -0.169. The molecule has 0 amide bonds. The molecule has 1 aromatic rings. The highest BCUT2D eigenvalue weighted by Crippen LogP contribution is 2.18. The second kappa shape index (κ2) is 5.86. The Hall–Kier alpha value is -1.56. The number of alkyl halides is 3. The molecule has 0 aliphatic heterocycles. The number of carbonyl (C=O) groups is 1. The van der Waals surface area contributed by atoms with Gasteiger partial charge in [0, 0.05) is 10.7 Å². The number of ketones is 1. The summed E-state index contributed by atoms with van der Waals surface area (Å²) in [6.07, 6.45) is -5.58. The van der Waals surface area contributed by atoms with Crippen molar-refractivity contribution in [1.82, 2.24) is 0 Å². The van der Waals surface area contributed by atoms with Gasteiger partial charge in [-0.3, -0.25) is 10.2 Å². The summed E-state index contributed by atoms with van der Waals surface area (Å²) in [4.78, 5) is 10.7. The van der Waals surface area contributed by atoms with Crippen LogP contribution >= 0.6 is 11.6 Å². The molecule has 1 rings (SSSR count). The van der Waals surface area contributed by atoms with E-state index in [1.807, 2.05) is 0 Å². The van der Waals surface area contributed by atoms with Crippen molar-refractivity contribution in [2.24, 2.45) is 5.10 Å². The summed E-state index contributed by atoms with van der Waals surface area (Å²) in [5.74, 6) is -1.82. The van der Waals surface area contributed by atoms with Crippen molar-refractivity contribution in [1.29, 1.82) is 0 Å². The molecule has 0 fully saturated rings. The lowest BCUT2D eigenvalue weighted by Crippen LogP contribution is -2.24. The Balaban J connectivity index is 2.57. The molecule has 0 unspecified atom stereocenters. The fourth-order valence-corrected chi connectivity index (χ4v) is 1.18. The predicted octanol–water partition coefficient (Wildman–Crippen LogP) is 3.65. The van der Waals surface area contributed by atoms with E-state index in [0.29, 0.717) is 10.7 Å². The molecule has 1 N–H and O–H groups in total. The van der Waals surface area contributed by atoms with Crippen LogP contribution in [0.25, 0.3) is 0 Å². The molecule has 18 heavy (non-hydrogen) atoms. The van der Waals surface area contributed by atoms with Crippen molar-refractivity contribution >= 4 is 28.8 Å². The average molecular weight is 279 g/mol. The molecule has 98 valence electrons. The fraction of sp³-hybridized carbons (Fsp3) is 0.273. The number of benzene rings is 1. The minimum Gasteiger partial charge on any atom is -0.289 e. The number of halogens is 4. The van der Waals surface area contributed by atoms with Gasteiger partial charge in [-0.05, 0) is 31.2 Å². The smallest absolute Gasteiger partial charge is 0.289 e. The maximum atomic E-state index is 12.0. The SMILES string of the molecule is CC(CC(=O)C(F)(F)F)=NNc1ccc(Cl)cc1. The quantitative estimate of drug-likeness (QED) is 0.675. The summed E-state index contributed by atoms with van der Waals surface area (Å²) in [6, 6.07) is 6.45. The third kappa shape index (κ3) is 4.75. The molecule has 3 nitrogen and oxygen atoms in total. The molecule has 0 aliphatic carbocycles. The third-order valence-electron chi connectivity index (χ3n) is 1.95. The molecule has 7 heteroatoms. The van der Waals surface area contributed by atoms with Gasteiger partial charge < -0.3 is 0 Å². The van der Waals surface area contributed by atoms with Crippen molar-refractivity contribution in [2.75, 3.05) is 5.43 Å². The van der Waals surface area contributed by atoms with Gasteiger partial charge in [0.05, 0.1) is 12.1 Å². The van der Waals surface area contributed by atoms with Crippen LogP contribution in [0, 0.1) is 0 Å². The normalized spacial score (nSPS) is 12.4. The summed E-state index contributed by atoms with van der Waals surface area (Å²) in [5, 5.41) is 4.22. The van der Waals surface area contributed by atoms with Crippen LogP contribution in [0.15, 0.2) is 29.4 Å². The van der Waals surface area contributed by atoms with Crippen molar-refractivity contribution in [2.45, 2.75) is 19.5 Å². The summed E-state index contributed by atoms with van der Waals surface area (Å²) in [7, 11) is 0. The van der Waals surface area contributed by atoms with Crippen LogP contribution in [0.5, 0.6) is 0 Å². The highest BCUT2D eigenvalue weighted by atomic mass is 35.5. The van der Waals surface area contributed by atoms with Crippen LogP contribution in [0.4, 0.5) is 18.9 Å². The van der Waals surface area contributed by atoms with Gasteiger partial charge in [0.1, 0.15) is 0 Å². The third-order valence-corrected chi connectivity index (χ3v) is 2.20. The molecule has 0 heterocycles. The van der Waals surface area contributed by atoms with Gasteiger partial charge in [-0.25, -0.2) is 0 Å². The molecular formula is C11H10ClF3N2O. The Bertz CT molecular complexity index is 454. The monoisotopic (exact) mass is 278 g/mol. The second-order valence-electron chi connectivity index (χ2n) is 3.56. The van der Waals surface area contributed by atoms with Crippen molar-refractivity contribution in [3.05, 3.63) is 29.3 Å². The van der Waals surface area contributed by atoms with Crippen LogP contribution < -0.4 is 5.43 Å². The number of anilines is 1. The Morgan fingerprint density at radius 1 is 1.33 bits per heavy atom. The maximum Gasteiger partial charge on any atom is 0.450 e. The van der Waals surface area contributed by atoms with E-state index in [2.05, 4.69) is 10.5 Å². The van der Waals surface area contributed by atoms with Gasteiger partial charge in [-0.15, -0.1) is 0 Å². The van der Waals surface area contributed by atoms with Gasteiger partial charge >= 0.3 is 6.18 Å².